The molecule has 1 aliphatic heterocycles. The molecule has 90 valence electrons. The number of amides is 2. The van der Waals surface area contributed by atoms with Gasteiger partial charge in [0.05, 0.1) is 18.4 Å². The molecule has 0 bridgehead atoms. The van der Waals surface area contributed by atoms with Crippen molar-refractivity contribution in [3.05, 3.63) is 24.0 Å². The highest BCUT2D eigenvalue weighted by molar-refractivity contribution is 6.06. The van der Waals surface area contributed by atoms with Crippen molar-refractivity contribution >= 4 is 17.5 Å². The molecule has 5 heteroatoms. The molecule has 2 rings (SSSR count). The van der Waals surface area contributed by atoms with E-state index in [1.165, 1.54) is 0 Å². The fraction of sp³-hybridized carbons (Fsp3) is 0.417. The maximum absolute atomic E-state index is 11.9. The number of pyridine rings is 1. The van der Waals surface area contributed by atoms with Crippen LogP contribution in [0.1, 0.15) is 18.9 Å². The third-order valence-corrected chi connectivity index (χ3v) is 2.82. The summed E-state index contributed by atoms with van der Waals surface area (Å²) in [6.45, 7) is 3.86. The second kappa shape index (κ2) is 4.53. The summed E-state index contributed by atoms with van der Waals surface area (Å²) in [6, 6.07) is 1.44. The molecule has 5 nitrogen and oxygen atoms in total. The number of rotatable bonds is 2. The van der Waals surface area contributed by atoms with E-state index in [9.17, 15) is 9.59 Å². The van der Waals surface area contributed by atoms with Crippen molar-refractivity contribution < 1.29 is 9.59 Å². The first kappa shape index (κ1) is 11.6. The number of nitrogens with one attached hydrogen (secondary N) is 1. The first-order chi connectivity index (χ1) is 8.13. The number of anilines is 1. The molecular formula is C12H15N3O2. The molecule has 1 aromatic rings. The van der Waals surface area contributed by atoms with Gasteiger partial charge >= 0.3 is 0 Å². The summed E-state index contributed by atoms with van der Waals surface area (Å²) in [6.07, 6.45) is 3.93. The summed E-state index contributed by atoms with van der Waals surface area (Å²) in [7, 11) is 0. The molecule has 1 saturated heterocycles. The molecule has 0 spiro atoms. The summed E-state index contributed by atoms with van der Waals surface area (Å²) < 4.78 is 0. The van der Waals surface area contributed by atoms with Crippen LogP contribution in [0.5, 0.6) is 0 Å². The van der Waals surface area contributed by atoms with Crippen LogP contribution < -0.4 is 10.2 Å². The van der Waals surface area contributed by atoms with Crippen LogP contribution in [0.3, 0.4) is 0 Å². The number of nitrogens with zero attached hydrogens (tertiary/aromatic N) is 2. The Kier molecular flexibility index (Phi) is 3.08. The lowest BCUT2D eigenvalue weighted by Crippen LogP contribution is -2.58. The topological polar surface area (TPSA) is 62.3 Å². The minimum Gasteiger partial charge on any atom is -0.345 e. The van der Waals surface area contributed by atoms with Gasteiger partial charge in [-0.25, -0.2) is 0 Å². The third-order valence-electron chi connectivity index (χ3n) is 2.82. The second-order valence-electron chi connectivity index (χ2n) is 4.13. The molecule has 0 aliphatic carbocycles. The Labute approximate surface area is 99.8 Å². The Hall–Kier alpha value is -1.91. The molecule has 17 heavy (non-hydrogen) atoms. The molecule has 1 unspecified atom stereocenters. The van der Waals surface area contributed by atoms with Crippen molar-refractivity contribution in [1.29, 1.82) is 0 Å². The van der Waals surface area contributed by atoms with Crippen LogP contribution >= 0.6 is 0 Å². The number of piperazine rings is 1. The predicted octanol–water partition coefficient (Wildman–Crippen LogP) is 0.631. The Balaban J connectivity index is 2.39. The molecular weight excluding hydrogens is 218 g/mol. The van der Waals surface area contributed by atoms with Gasteiger partial charge in [0.1, 0.15) is 6.04 Å². The van der Waals surface area contributed by atoms with E-state index < -0.39 is 6.04 Å². The summed E-state index contributed by atoms with van der Waals surface area (Å²) in [4.78, 5) is 29.2. The highest BCUT2D eigenvalue weighted by Gasteiger charge is 2.34. The molecule has 1 N–H and O–H groups in total. The van der Waals surface area contributed by atoms with Crippen molar-refractivity contribution in [2.45, 2.75) is 26.3 Å². The molecule has 0 saturated carbocycles. The van der Waals surface area contributed by atoms with Crippen LogP contribution in [0.25, 0.3) is 0 Å². The van der Waals surface area contributed by atoms with E-state index in [4.69, 9.17) is 0 Å². The standard InChI is InChI=1S/C12H15N3O2/c1-3-10-12(17)14-7-11(16)15(10)9-4-8(2)5-13-6-9/h4-6,10H,3,7H2,1-2H3,(H,14,17). The molecule has 2 amide bonds. The van der Waals surface area contributed by atoms with Crippen molar-refractivity contribution in [1.82, 2.24) is 10.3 Å². The van der Waals surface area contributed by atoms with Gasteiger partial charge < -0.3 is 5.32 Å². The minimum atomic E-state index is -0.431. The van der Waals surface area contributed by atoms with Crippen LogP contribution in [0.4, 0.5) is 5.69 Å². The average Bonchev–Trinajstić information content (AvgIpc) is 2.31. The maximum atomic E-state index is 11.9. The lowest BCUT2D eigenvalue weighted by molar-refractivity contribution is -0.131. The first-order valence-electron chi connectivity index (χ1n) is 5.65. The molecule has 0 radical (unpaired) electrons. The largest absolute Gasteiger partial charge is 0.345 e. The van der Waals surface area contributed by atoms with Gasteiger partial charge in [-0.15, -0.1) is 0 Å². The second-order valence-corrected chi connectivity index (χ2v) is 4.13. The fourth-order valence-corrected chi connectivity index (χ4v) is 2.02. The van der Waals surface area contributed by atoms with E-state index >= 15 is 0 Å². The predicted molar refractivity (Wildman–Crippen MR) is 63.5 cm³/mol. The fourth-order valence-electron chi connectivity index (χ4n) is 2.02. The molecule has 2 heterocycles. The van der Waals surface area contributed by atoms with Crippen LogP contribution in [0.2, 0.25) is 0 Å². The first-order valence-corrected chi connectivity index (χ1v) is 5.65. The van der Waals surface area contributed by atoms with Crippen molar-refractivity contribution in [3.8, 4) is 0 Å². The summed E-state index contributed by atoms with van der Waals surface area (Å²) in [5.41, 5.74) is 1.66. The Bertz CT molecular complexity index is 459. The van der Waals surface area contributed by atoms with Gasteiger partial charge in [-0.2, -0.15) is 0 Å². The zero-order valence-corrected chi connectivity index (χ0v) is 9.93. The lowest BCUT2D eigenvalue weighted by Gasteiger charge is -2.34. The van der Waals surface area contributed by atoms with Crippen molar-refractivity contribution in [2.75, 3.05) is 11.4 Å². The van der Waals surface area contributed by atoms with E-state index in [1.807, 2.05) is 19.9 Å². The normalized spacial score (nSPS) is 20.4. The average molecular weight is 233 g/mol. The number of hydrogen-bond donors (Lipinski definition) is 1. The van der Waals surface area contributed by atoms with Crippen LogP contribution in [0, 0.1) is 6.92 Å². The maximum Gasteiger partial charge on any atom is 0.247 e. The van der Waals surface area contributed by atoms with E-state index in [2.05, 4.69) is 10.3 Å². The highest BCUT2D eigenvalue weighted by atomic mass is 16.2. The molecule has 0 aromatic carbocycles. The van der Waals surface area contributed by atoms with Crippen molar-refractivity contribution in [3.63, 3.8) is 0 Å². The van der Waals surface area contributed by atoms with Gasteiger partial charge in [-0.05, 0) is 25.0 Å². The minimum absolute atomic E-state index is 0.0588. The summed E-state index contributed by atoms with van der Waals surface area (Å²) >= 11 is 0. The highest BCUT2D eigenvalue weighted by Crippen LogP contribution is 2.21. The third kappa shape index (κ3) is 2.13. The lowest BCUT2D eigenvalue weighted by atomic mass is 10.1. The van der Waals surface area contributed by atoms with Gasteiger partial charge in [-0.3, -0.25) is 19.5 Å². The Morgan fingerprint density at radius 2 is 2.24 bits per heavy atom. The van der Waals surface area contributed by atoms with Gasteiger partial charge in [0.2, 0.25) is 11.8 Å². The zero-order valence-electron chi connectivity index (χ0n) is 9.93. The van der Waals surface area contributed by atoms with Gasteiger partial charge in [0, 0.05) is 6.20 Å². The monoisotopic (exact) mass is 233 g/mol. The number of aromatic nitrogens is 1. The Morgan fingerprint density at radius 1 is 1.47 bits per heavy atom. The molecule has 1 aliphatic rings. The quantitative estimate of drug-likeness (QED) is 0.815. The zero-order chi connectivity index (χ0) is 12.4. The van der Waals surface area contributed by atoms with Crippen LogP contribution in [0.15, 0.2) is 18.5 Å². The SMILES string of the molecule is CCC1C(=O)NCC(=O)N1c1cncc(C)c1. The van der Waals surface area contributed by atoms with E-state index in [1.54, 1.807) is 17.3 Å². The van der Waals surface area contributed by atoms with E-state index in [0.717, 1.165) is 5.56 Å². The number of aryl methyl sites for hydroxylation is 1. The smallest absolute Gasteiger partial charge is 0.247 e. The van der Waals surface area contributed by atoms with Crippen LogP contribution in [-0.2, 0) is 9.59 Å². The summed E-state index contributed by atoms with van der Waals surface area (Å²) in [5, 5.41) is 2.60. The van der Waals surface area contributed by atoms with E-state index in [0.29, 0.717) is 12.1 Å². The number of carbonyl (C=O) groups is 2. The molecule has 1 aromatic heterocycles. The van der Waals surface area contributed by atoms with E-state index in [-0.39, 0.29) is 18.4 Å². The summed E-state index contributed by atoms with van der Waals surface area (Å²) in [5.74, 6) is -0.197. The molecule has 1 atom stereocenters. The van der Waals surface area contributed by atoms with Gasteiger partial charge in [0.25, 0.3) is 0 Å². The number of carbonyl (C=O) groups excluding carboxylic acids is 2. The Morgan fingerprint density at radius 3 is 2.88 bits per heavy atom. The van der Waals surface area contributed by atoms with Crippen molar-refractivity contribution in [2.24, 2.45) is 0 Å². The van der Waals surface area contributed by atoms with Crippen LogP contribution in [-0.4, -0.2) is 29.4 Å². The number of hydrogen-bond acceptors (Lipinski definition) is 3. The van der Waals surface area contributed by atoms with Gasteiger partial charge in [0.15, 0.2) is 0 Å². The van der Waals surface area contributed by atoms with Gasteiger partial charge in [-0.1, -0.05) is 6.92 Å². The molecule has 1 fully saturated rings.